The minimum absolute atomic E-state index is 0.131. The Kier molecular flexibility index (Phi) is 3.05. The molecule has 1 aromatic carbocycles. The predicted molar refractivity (Wildman–Crippen MR) is 43.9 cm³/mol. The van der Waals surface area contributed by atoms with Gasteiger partial charge in [-0.3, -0.25) is 4.79 Å². The summed E-state index contributed by atoms with van der Waals surface area (Å²) in [5, 5.41) is 2.58. The fourth-order valence-electron chi connectivity index (χ4n) is 0.796. The summed E-state index contributed by atoms with van der Waals surface area (Å²) in [4.78, 5) is 9.77. The number of carbonyl (C=O) groups excluding carboxylic acids is 1. The largest absolute Gasteiger partial charge is 0.344 e. The van der Waals surface area contributed by atoms with Crippen molar-refractivity contribution in [2.24, 2.45) is 0 Å². The zero-order chi connectivity index (χ0) is 8.97. The zero-order valence-corrected chi connectivity index (χ0v) is 6.86. The molecule has 0 aliphatic rings. The molecule has 0 saturated carbocycles. The third-order valence-corrected chi connectivity index (χ3v) is 1.60. The molecule has 0 atom stereocenters. The Labute approximate surface area is 74.3 Å². The molecule has 63 valence electrons. The standard InChI is InChI=1S/C8H6ClFNO/c9-7-2-1-6(4-11-5-12)8(10)3-7/h1-3H,4H2,(H,11,12). The van der Waals surface area contributed by atoms with Gasteiger partial charge in [-0.2, -0.15) is 0 Å². The van der Waals surface area contributed by atoms with Crippen molar-refractivity contribution < 1.29 is 9.18 Å². The van der Waals surface area contributed by atoms with Gasteiger partial charge in [-0.15, -0.1) is 0 Å². The minimum Gasteiger partial charge on any atom is -0.344 e. The third-order valence-electron chi connectivity index (χ3n) is 1.37. The Morgan fingerprint density at radius 1 is 1.58 bits per heavy atom. The second kappa shape index (κ2) is 4.07. The summed E-state index contributed by atoms with van der Waals surface area (Å²) >= 11 is 5.51. The van der Waals surface area contributed by atoms with Crippen molar-refractivity contribution in [3.8, 4) is 0 Å². The van der Waals surface area contributed by atoms with E-state index in [2.05, 4.69) is 5.32 Å². The van der Waals surface area contributed by atoms with Crippen molar-refractivity contribution in [2.45, 2.75) is 6.54 Å². The average molecular weight is 187 g/mol. The van der Waals surface area contributed by atoms with Gasteiger partial charge in [-0.05, 0) is 12.1 Å². The van der Waals surface area contributed by atoms with E-state index in [0.29, 0.717) is 10.6 Å². The molecular weight excluding hydrogens is 181 g/mol. The van der Waals surface area contributed by atoms with E-state index in [1.807, 2.05) is 0 Å². The molecule has 0 unspecified atom stereocenters. The molecule has 0 fully saturated rings. The van der Waals surface area contributed by atoms with Gasteiger partial charge in [-0.25, -0.2) is 4.39 Å². The van der Waals surface area contributed by atoms with Crippen molar-refractivity contribution in [1.29, 1.82) is 0 Å². The summed E-state index contributed by atoms with van der Waals surface area (Å²) in [6.07, 6.45) is 1.46. The molecule has 2 nitrogen and oxygen atoms in total. The van der Waals surface area contributed by atoms with E-state index in [1.54, 1.807) is 6.07 Å². The van der Waals surface area contributed by atoms with E-state index in [-0.39, 0.29) is 6.54 Å². The van der Waals surface area contributed by atoms with Crippen molar-refractivity contribution >= 4 is 18.0 Å². The second-order valence-electron chi connectivity index (χ2n) is 2.19. The molecule has 0 bridgehead atoms. The van der Waals surface area contributed by atoms with Crippen LogP contribution in [0.25, 0.3) is 0 Å². The van der Waals surface area contributed by atoms with Gasteiger partial charge in [0.05, 0.1) is 0 Å². The minimum atomic E-state index is -0.426. The van der Waals surface area contributed by atoms with Crippen LogP contribution in [0.4, 0.5) is 4.39 Å². The summed E-state index contributed by atoms with van der Waals surface area (Å²) in [5.41, 5.74) is 0.391. The highest BCUT2D eigenvalue weighted by molar-refractivity contribution is 6.30. The average Bonchev–Trinajstić information content (AvgIpc) is 2.03. The van der Waals surface area contributed by atoms with Gasteiger partial charge in [0.25, 0.3) is 0 Å². The van der Waals surface area contributed by atoms with Crippen LogP contribution in [0.5, 0.6) is 0 Å². The Morgan fingerprint density at radius 3 is 2.92 bits per heavy atom. The van der Waals surface area contributed by atoms with E-state index in [0.717, 1.165) is 0 Å². The Bertz CT molecular complexity index is 290. The SMILES string of the molecule is O=[C]NCc1ccc(Cl)cc1F. The summed E-state index contributed by atoms with van der Waals surface area (Å²) < 4.78 is 12.9. The van der Waals surface area contributed by atoms with Gasteiger partial charge in [-0.1, -0.05) is 17.7 Å². The molecule has 0 aliphatic heterocycles. The number of benzene rings is 1. The number of amides is 1. The van der Waals surface area contributed by atoms with Crippen LogP contribution in [-0.2, 0) is 11.3 Å². The molecular formula is C8H6ClFNO. The summed E-state index contributed by atoms with van der Waals surface area (Å²) in [6, 6.07) is 4.28. The smallest absolute Gasteiger partial charge is 0.309 e. The number of nitrogens with one attached hydrogen (secondary N) is 1. The van der Waals surface area contributed by atoms with Crippen molar-refractivity contribution in [3.05, 3.63) is 34.6 Å². The first-order valence-corrected chi connectivity index (χ1v) is 3.66. The molecule has 1 aromatic rings. The monoisotopic (exact) mass is 186 g/mol. The maximum absolute atomic E-state index is 12.9. The number of halogens is 2. The van der Waals surface area contributed by atoms with E-state index in [9.17, 15) is 9.18 Å². The molecule has 1 radical (unpaired) electrons. The Hall–Kier alpha value is -1.09. The van der Waals surface area contributed by atoms with Crippen LogP contribution in [0.15, 0.2) is 18.2 Å². The van der Waals surface area contributed by atoms with E-state index < -0.39 is 5.82 Å². The van der Waals surface area contributed by atoms with Crippen LogP contribution in [0.3, 0.4) is 0 Å². The van der Waals surface area contributed by atoms with Crippen molar-refractivity contribution in [1.82, 2.24) is 5.32 Å². The van der Waals surface area contributed by atoms with Crippen molar-refractivity contribution in [3.63, 3.8) is 0 Å². The fourth-order valence-corrected chi connectivity index (χ4v) is 0.955. The van der Waals surface area contributed by atoms with E-state index in [4.69, 9.17) is 11.6 Å². The highest BCUT2D eigenvalue weighted by Crippen LogP contribution is 2.13. The lowest BCUT2D eigenvalue weighted by Crippen LogP contribution is -2.10. The molecule has 4 heteroatoms. The highest BCUT2D eigenvalue weighted by Gasteiger charge is 2.01. The summed E-state index contributed by atoms with van der Waals surface area (Å²) in [5.74, 6) is -0.426. The first kappa shape index (κ1) is 9.00. The van der Waals surface area contributed by atoms with E-state index >= 15 is 0 Å². The van der Waals surface area contributed by atoms with Crippen LogP contribution < -0.4 is 5.32 Å². The molecule has 1 N–H and O–H groups in total. The molecule has 1 rings (SSSR count). The van der Waals surface area contributed by atoms with Gasteiger partial charge in [0.1, 0.15) is 5.82 Å². The lowest BCUT2D eigenvalue weighted by molar-refractivity contribution is 0.539. The summed E-state index contributed by atoms with van der Waals surface area (Å²) in [6.45, 7) is 0.131. The molecule has 0 aliphatic carbocycles. The first-order valence-electron chi connectivity index (χ1n) is 3.28. The maximum atomic E-state index is 12.9. The molecule has 0 saturated heterocycles. The summed E-state index contributed by atoms with van der Waals surface area (Å²) in [7, 11) is 0. The molecule has 0 spiro atoms. The van der Waals surface area contributed by atoms with Crippen LogP contribution in [-0.4, -0.2) is 6.41 Å². The second-order valence-corrected chi connectivity index (χ2v) is 2.63. The van der Waals surface area contributed by atoms with Crippen LogP contribution in [0.2, 0.25) is 5.02 Å². The van der Waals surface area contributed by atoms with Gasteiger partial charge in [0.2, 0.25) is 0 Å². The fraction of sp³-hybridized carbons (Fsp3) is 0.125. The molecule has 1 amide bonds. The normalized spacial score (nSPS) is 9.50. The number of rotatable bonds is 3. The molecule has 0 aromatic heterocycles. The van der Waals surface area contributed by atoms with E-state index in [1.165, 1.54) is 18.5 Å². The van der Waals surface area contributed by atoms with Crippen LogP contribution in [0.1, 0.15) is 5.56 Å². The highest BCUT2D eigenvalue weighted by atomic mass is 35.5. The predicted octanol–water partition coefficient (Wildman–Crippen LogP) is 1.64. The Balaban J connectivity index is 2.78. The lowest BCUT2D eigenvalue weighted by atomic mass is 10.2. The Morgan fingerprint density at radius 2 is 2.33 bits per heavy atom. The topological polar surface area (TPSA) is 29.1 Å². The third kappa shape index (κ3) is 2.20. The first-order chi connectivity index (χ1) is 5.74. The lowest BCUT2D eigenvalue weighted by Gasteiger charge is -2.00. The van der Waals surface area contributed by atoms with Gasteiger partial charge in [0.15, 0.2) is 0 Å². The maximum Gasteiger partial charge on any atom is 0.309 e. The number of hydrogen-bond acceptors (Lipinski definition) is 1. The van der Waals surface area contributed by atoms with Gasteiger partial charge in [0, 0.05) is 17.1 Å². The molecule has 12 heavy (non-hydrogen) atoms. The van der Waals surface area contributed by atoms with Crippen molar-refractivity contribution in [2.75, 3.05) is 0 Å². The van der Waals surface area contributed by atoms with Gasteiger partial charge < -0.3 is 5.32 Å². The molecule has 0 heterocycles. The van der Waals surface area contributed by atoms with Gasteiger partial charge >= 0.3 is 6.41 Å². The van der Waals surface area contributed by atoms with Crippen LogP contribution >= 0.6 is 11.6 Å². The number of hydrogen-bond donors (Lipinski definition) is 1. The zero-order valence-electron chi connectivity index (χ0n) is 6.10. The van der Waals surface area contributed by atoms with Crippen LogP contribution in [0, 0.1) is 5.82 Å². The quantitative estimate of drug-likeness (QED) is 0.715.